The Morgan fingerprint density at radius 1 is 1.38 bits per heavy atom. The number of allylic oxidation sites excluding steroid dienone is 3. The van der Waals surface area contributed by atoms with Gasteiger partial charge in [-0.05, 0) is 20.3 Å². The van der Waals surface area contributed by atoms with E-state index in [-0.39, 0.29) is 10.8 Å². The van der Waals surface area contributed by atoms with Crippen LogP contribution in [0.5, 0.6) is 0 Å². The molecule has 3 heteroatoms. The Bertz CT molecular complexity index is 199. The zero-order valence-corrected chi connectivity index (χ0v) is 11.1. The standard InChI is InChI=1S/C10H15BrCl2/c1-7(2)9(12)5-4-8(3)10(13)6-11/h4,9-10H,1,5-6H2,2-3H3. The molecular weight excluding hydrogens is 271 g/mol. The number of hydrogen-bond acceptors (Lipinski definition) is 0. The molecule has 0 nitrogen and oxygen atoms in total. The van der Waals surface area contributed by atoms with Gasteiger partial charge >= 0.3 is 0 Å². The van der Waals surface area contributed by atoms with Gasteiger partial charge in [0.2, 0.25) is 0 Å². The predicted molar refractivity (Wildman–Crippen MR) is 66.3 cm³/mol. The Morgan fingerprint density at radius 2 is 1.92 bits per heavy atom. The van der Waals surface area contributed by atoms with Crippen molar-refractivity contribution in [2.45, 2.75) is 31.0 Å². The minimum absolute atomic E-state index is 0.0224. The van der Waals surface area contributed by atoms with E-state index in [0.717, 1.165) is 22.9 Å². The van der Waals surface area contributed by atoms with Crippen molar-refractivity contribution in [3.05, 3.63) is 23.8 Å². The van der Waals surface area contributed by atoms with Crippen molar-refractivity contribution in [2.24, 2.45) is 0 Å². The van der Waals surface area contributed by atoms with E-state index in [1.807, 2.05) is 13.8 Å². The van der Waals surface area contributed by atoms with Crippen molar-refractivity contribution in [2.75, 3.05) is 5.33 Å². The first kappa shape index (κ1) is 13.5. The van der Waals surface area contributed by atoms with Crippen LogP contribution >= 0.6 is 39.1 Å². The lowest BCUT2D eigenvalue weighted by Gasteiger charge is -2.08. The second kappa shape index (κ2) is 6.92. The summed E-state index contributed by atoms with van der Waals surface area (Å²) >= 11 is 15.3. The summed E-state index contributed by atoms with van der Waals surface area (Å²) in [7, 11) is 0. The lowest BCUT2D eigenvalue weighted by Crippen LogP contribution is -2.03. The van der Waals surface area contributed by atoms with Gasteiger partial charge in [-0.3, -0.25) is 0 Å². The third kappa shape index (κ3) is 5.77. The lowest BCUT2D eigenvalue weighted by atomic mass is 10.1. The Kier molecular flexibility index (Phi) is 7.20. The van der Waals surface area contributed by atoms with Gasteiger partial charge < -0.3 is 0 Å². The molecule has 2 unspecified atom stereocenters. The van der Waals surface area contributed by atoms with Crippen molar-refractivity contribution in [1.29, 1.82) is 0 Å². The van der Waals surface area contributed by atoms with Gasteiger partial charge in [-0.15, -0.1) is 23.2 Å². The molecule has 2 atom stereocenters. The average Bonchev–Trinajstić information content (AvgIpc) is 2.11. The lowest BCUT2D eigenvalue weighted by molar-refractivity contribution is 0.967. The topological polar surface area (TPSA) is 0 Å². The van der Waals surface area contributed by atoms with E-state index in [4.69, 9.17) is 23.2 Å². The Labute approximate surface area is 99.1 Å². The molecule has 0 N–H and O–H groups in total. The molecule has 0 aliphatic rings. The third-order valence-electron chi connectivity index (χ3n) is 1.81. The Morgan fingerprint density at radius 3 is 2.31 bits per heavy atom. The molecule has 0 radical (unpaired) electrons. The Hall–Kier alpha value is 0.540. The molecule has 0 bridgehead atoms. The summed E-state index contributed by atoms with van der Waals surface area (Å²) in [6, 6.07) is 0. The maximum atomic E-state index is 6.01. The summed E-state index contributed by atoms with van der Waals surface area (Å²) < 4.78 is 0. The molecule has 0 aliphatic heterocycles. The smallest absolute Gasteiger partial charge is 0.0639 e. The quantitative estimate of drug-likeness (QED) is 0.515. The molecule has 13 heavy (non-hydrogen) atoms. The van der Waals surface area contributed by atoms with E-state index >= 15 is 0 Å². The van der Waals surface area contributed by atoms with Crippen LogP contribution in [0, 0.1) is 0 Å². The Balaban J connectivity index is 4.03. The van der Waals surface area contributed by atoms with Crippen LogP contribution < -0.4 is 0 Å². The molecule has 0 fully saturated rings. The van der Waals surface area contributed by atoms with Gasteiger partial charge in [-0.25, -0.2) is 0 Å². The zero-order valence-electron chi connectivity index (χ0n) is 7.99. The monoisotopic (exact) mass is 284 g/mol. The largest absolute Gasteiger partial charge is 0.118 e. The van der Waals surface area contributed by atoms with Crippen LogP contribution in [0.3, 0.4) is 0 Å². The molecule has 0 spiro atoms. The van der Waals surface area contributed by atoms with E-state index in [0.29, 0.717) is 0 Å². The van der Waals surface area contributed by atoms with Gasteiger partial charge in [0.05, 0.1) is 10.8 Å². The number of alkyl halides is 3. The maximum Gasteiger partial charge on any atom is 0.0639 e. The second-order valence-corrected chi connectivity index (χ2v) is 4.82. The molecule has 0 heterocycles. The van der Waals surface area contributed by atoms with Gasteiger partial charge in [-0.2, -0.15) is 0 Å². The molecule has 0 saturated heterocycles. The summed E-state index contributed by atoms with van der Waals surface area (Å²) in [4.78, 5) is 0. The minimum Gasteiger partial charge on any atom is -0.118 e. The van der Waals surface area contributed by atoms with Crippen LogP contribution in [0.25, 0.3) is 0 Å². The van der Waals surface area contributed by atoms with Gasteiger partial charge in [-0.1, -0.05) is 39.7 Å². The number of hydrogen-bond donors (Lipinski definition) is 0. The second-order valence-electron chi connectivity index (χ2n) is 3.12. The number of halogens is 3. The van der Waals surface area contributed by atoms with E-state index in [1.54, 1.807) is 0 Å². The van der Waals surface area contributed by atoms with Gasteiger partial charge in [0.15, 0.2) is 0 Å². The highest BCUT2D eigenvalue weighted by molar-refractivity contribution is 9.09. The number of rotatable bonds is 5. The summed E-state index contributed by atoms with van der Waals surface area (Å²) in [5.74, 6) is 0. The fraction of sp³-hybridized carbons (Fsp3) is 0.600. The van der Waals surface area contributed by atoms with Crippen LogP contribution in [0.4, 0.5) is 0 Å². The molecule has 0 saturated carbocycles. The van der Waals surface area contributed by atoms with Crippen LogP contribution in [0.15, 0.2) is 23.8 Å². The highest BCUT2D eigenvalue weighted by Crippen LogP contribution is 2.17. The summed E-state index contributed by atoms with van der Waals surface area (Å²) in [6.07, 6.45) is 2.88. The van der Waals surface area contributed by atoms with Crippen LogP contribution in [-0.4, -0.2) is 16.1 Å². The van der Waals surface area contributed by atoms with Crippen molar-refractivity contribution in [1.82, 2.24) is 0 Å². The zero-order chi connectivity index (χ0) is 10.4. The molecule has 0 aromatic heterocycles. The minimum atomic E-state index is 0.0224. The molecule has 76 valence electrons. The predicted octanol–water partition coefficient (Wildman–Crippen LogP) is 4.51. The third-order valence-corrected chi connectivity index (χ3v) is 3.88. The summed E-state index contributed by atoms with van der Waals surface area (Å²) in [6.45, 7) is 7.74. The van der Waals surface area contributed by atoms with E-state index in [2.05, 4.69) is 28.6 Å². The fourth-order valence-electron chi connectivity index (χ4n) is 0.740. The maximum absolute atomic E-state index is 6.01. The fourth-order valence-corrected chi connectivity index (χ4v) is 1.43. The summed E-state index contributed by atoms with van der Waals surface area (Å²) in [5.41, 5.74) is 2.15. The highest BCUT2D eigenvalue weighted by atomic mass is 79.9. The van der Waals surface area contributed by atoms with Crippen LogP contribution in [0.2, 0.25) is 0 Å². The summed E-state index contributed by atoms with van der Waals surface area (Å²) in [5, 5.41) is 0.861. The molecule has 0 rings (SSSR count). The molecule has 0 aliphatic carbocycles. The first-order valence-electron chi connectivity index (χ1n) is 4.15. The van der Waals surface area contributed by atoms with Crippen LogP contribution in [-0.2, 0) is 0 Å². The van der Waals surface area contributed by atoms with E-state index < -0.39 is 0 Å². The van der Waals surface area contributed by atoms with Gasteiger partial charge in [0.25, 0.3) is 0 Å². The van der Waals surface area contributed by atoms with E-state index in [1.165, 1.54) is 0 Å². The van der Waals surface area contributed by atoms with Crippen LogP contribution in [0.1, 0.15) is 20.3 Å². The first-order valence-corrected chi connectivity index (χ1v) is 6.14. The van der Waals surface area contributed by atoms with Gasteiger partial charge in [0, 0.05) is 5.33 Å². The molecule has 0 aromatic carbocycles. The average molecular weight is 286 g/mol. The van der Waals surface area contributed by atoms with Crippen molar-refractivity contribution < 1.29 is 0 Å². The first-order chi connectivity index (χ1) is 5.99. The molecule has 0 amide bonds. The van der Waals surface area contributed by atoms with Crippen molar-refractivity contribution in [3.63, 3.8) is 0 Å². The van der Waals surface area contributed by atoms with Crippen molar-refractivity contribution in [3.8, 4) is 0 Å². The van der Waals surface area contributed by atoms with Crippen molar-refractivity contribution >= 4 is 39.1 Å². The van der Waals surface area contributed by atoms with E-state index in [9.17, 15) is 0 Å². The van der Waals surface area contributed by atoms with Gasteiger partial charge in [0.1, 0.15) is 0 Å². The SMILES string of the molecule is C=C(C)C(Cl)CC=C(C)C(Cl)CBr. The molecular formula is C10H15BrCl2. The molecule has 0 aromatic rings. The normalized spacial score (nSPS) is 16.8. The highest BCUT2D eigenvalue weighted by Gasteiger charge is 2.06.